The molecule has 1 amide bonds. The molecule has 0 aliphatic rings. The van der Waals surface area contributed by atoms with E-state index in [1.165, 1.54) is 0 Å². The third kappa shape index (κ3) is 3.67. The number of carbonyl (C=O) groups excluding carboxylic acids is 1. The zero-order chi connectivity index (χ0) is 13.8. The molecule has 1 heterocycles. The lowest BCUT2D eigenvalue weighted by Gasteiger charge is -2.12. The summed E-state index contributed by atoms with van der Waals surface area (Å²) in [6.45, 7) is 1.87. The molecule has 1 aromatic carbocycles. The van der Waals surface area contributed by atoms with Gasteiger partial charge in [0.2, 0.25) is 5.91 Å². The van der Waals surface area contributed by atoms with Crippen LogP contribution in [0.2, 0.25) is 0 Å². The van der Waals surface area contributed by atoms with E-state index < -0.39 is 10.8 Å². The Balaban J connectivity index is 2.01. The van der Waals surface area contributed by atoms with Crippen LogP contribution in [-0.2, 0) is 22.0 Å². The SMILES string of the molecule is CC(CS(C)=O)NC(=O)Cc1c[nH]c2ccccc12. The molecule has 2 aromatic rings. The second kappa shape index (κ2) is 6.02. The lowest BCUT2D eigenvalue weighted by Crippen LogP contribution is -2.37. The van der Waals surface area contributed by atoms with Gasteiger partial charge in [0.25, 0.3) is 0 Å². The van der Waals surface area contributed by atoms with Crippen molar-refractivity contribution in [2.75, 3.05) is 12.0 Å². The summed E-state index contributed by atoms with van der Waals surface area (Å²) in [5, 5.41) is 3.94. The number of H-pyrrole nitrogens is 1. The molecule has 5 heteroatoms. The lowest BCUT2D eigenvalue weighted by molar-refractivity contribution is -0.120. The molecule has 4 nitrogen and oxygen atoms in total. The Kier molecular flexibility index (Phi) is 4.37. The molecule has 102 valence electrons. The minimum Gasteiger partial charge on any atom is -0.361 e. The van der Waals surface area contributed by atoms with E-state index in [1.807, 2.05) is 37.4 Å². The van der Waals surface area contributed by atoms with Crippen LogP contribution in [0.3, 0.4) is 0 Å². The van der Waals surface area contributed by atoms with E-state index >= 15 is 0 Å². The Morgan fingerprint density at radius 2 is 2.16 bits per heavy atom. The summed E-state index contributed by atoms with van der Waals surface area (Å²) in [7, 11) is -0.894. The van der Waals surface area contributed by atoms with E-state index in [2.05, 4.69) is 10.3 Å². The minimum absolute atomic E-state index is 0.0392. The van der Waals surface area contributed by atoms with Crippen LogP contribution in [-0.4, -0.2) is 33.2 Å². The molecule has 0 fully saturated rings. The molecule has 0 spiro atoms. The van der Waals surface area contributed by atoms with E-state index in [-0.39, 0.29) is 11.9 Å². The third-order valence-corrected chi connectivity index (χ3v) is 3.89. The zero-order valence-electron chi connectivity index (χ0n) is 11.1. The first kappa shape index (κ1) is 13.8. The van der Waals surface area contributed by atoms with Crippen LogP contribution in [0.25, 0.3) is 10.9 Å². The lowest BCUT2D eigenvalue weighted by atomic mass is 10.1. The first-order chi connectivity index (χ1) is 9.06. The van der Waals surface area contributed by atoms with Crippen molar-refractivity contribution in [2.45, 2.75) is 19.4 Å². The molecule has 0 saturated carbocycles. The second-order valence-corrected chi connectivity index (χ2v) is 6.22. The fraction of sp³-hybridized carbons (Fsp3) is 0.357. The van der Waals surface area contributed by atoms with Crippen molar-refractivity contribution in [3.8, 4) is 0 Å². The van der Waals surface area contributed by atoms with E-state index in [4.69, 9.17) is 0 Å². The van der Waals surface area contributed by atoms with Gasteiger partial charge in [-0.05, 0) is 18.6 Å². The first-order valence-corrected chi connectivity index (χ1v) is 7.93. The summed E-state index contributed by atoms with van der Waals surface area (Å²) in [4.78, 5) is 15.1. The number of aromatic nitrogens is 1. The van der Waals surface area contributed by atoms with Crippen LogP contribution in [0.1, 0.15) is 12.5 Å². The van der Waals surface area contributed by atoms with Crippen LogP contribution < -0.4 is 5.32 Å². The number of para-hydroxylation sites is 1. The monoisotopic (exact) mass is 278 g/mol. The van der Waals surface area contributed by atoms with Gasteiger partial charge >= 0.3 is 0 Å². The maximum Gasteiger partial charge on any atom is 0.224 e. The van der Waals surface area contributed by atoms with Crippen molar-refractivity contribution < 1.29 is 9.00 Å². The summed E-state index contributed by atoms with van der Waals surface area (Å²) >= 11 is 0. The average Bonchev–Trinajstić information content (AvgIpc) is 2.71. The van der Waals surface area contributed by atoms with Gasteiger partial charge in [-0.3, -0.25) is 9.00 Å². The predicted molar refractivity (Wildman–Crippen MR) is 78.5 cm³/mol. The highest BCUT2D eigenvalue weighted by molar-refractivity contribution is 7.84. The Hall–Kier alpha value is -1.62. The van der Waals surface area contributed by atoms with Crippen molar-refractivity contribution >= 4 is 27.6 Å². The smallest absolute Gasteiger partial charge is 0.224 e. The van der Waals surface area contributed by atoms with Crippen molar-refractivity contribution in [1.29, 1.82) is 0 Å². The van der Waals surface area contributed by atoms with Gasteiger partial charge in [0.05, 0.1) is 6.42 Å². The predicted octanol–water partition coefficient (Wildman–Crippen LogP) is 1.59. The number of benzene rings is 1. The maximum absolute atomic E-state index is 11.9. The van der Waals surface area contributed by atoms with E-state index in [0.29, 0.717) is 12.2 Å². The van der Waals surface area contributed by atoms with Crippen LogP contribution >= 0.6 is 0 Å². The number of aromatic amines is 1. The molecule has 0 radical (unpaired) electrons. The number of rotatable bonds is 5. The van der Waals surface area contributed by atoms with Crippen LogP contribution in [0, 0.1) is 0 Å². The summed E-state index contributed by atoms with van der Waals surface area (Å²) < 4.78 is 11.1. The number of hydrogen-bond acceptors (Lipinski definition) is 2. The number of carbonyl (C=O) groups is 1. The normalized spacial score (nSPS) is 14.2. The Labute approximate surface area is 115 Å². The molecular weight excluding hydrogens is 260 g/mol. The Morgan fingerprint density at radius 3 is 2.89 bits per heavy atom. The van der Waals surface area contributed by atoms with E-state index in [0.717, 1.165) is 16.5 Å². The van der Waals surface area contributed by atoms with Crippen molar-refractivity contribution in [3.63, 3.8) is 0 Å². The highest BCUT2D eigenvalue weighted by Gasteiger charge is 2.11. The molecule has 0 saturated heterocycles. The number of fused-ring (bicyclic) bond motifs is 1. The molecule has 0 aliphatic heterocycles. The molecule has 0 bridgehead atoms. The molecule has 2 N–H and O–H groups in total. The summed E-state index contributed by atoms with van der Waals surface area (Å²) in [5.74, 6) is 0.447. The standard InChI is InChI=1S/C14H18N2O2S/c1-10(9-19(2)18)16-14(17)7-11-8-15-13-6-4-3-5-12(11)13/h3-6,8,10,15H,7,9H2,1-2H3,(H,16,17). The van der Waals surface area contributed by atoms with Gasteiger partial charge in [-0.2, -0.15) is 0 Å². The van der Waals surface area contributed by atoms with E-state index in [1.54, 1.807) is 6.26 Å². The number of hydrogen-bond donors (Lipinski definition) is 2. The van der Waals surface area contributed by atoms with Gasteiger partial charge in [-0.25, -0.2) is 0 Å². The van der Waals surface area contributed by atoms with Crippen LogP contribution in [0.5, 0.6) is 0 Å². The summed E-state index contributed by atoms with van der Waals surface area (Å²) in [6, 6.07) is 7.84. The van der Waals surface area contributed by atoms with Gasteiger partial charge < -0.3 is 10.3 Å². The van der Waals surface area contributed by atoms with Crippen molar-refractivity contribution in [1.82, 2.24) is 10.3 Å². The second-order valence-electron chi connectivity index (χ2n) is 4.74. The first-order valence-electron chi connectivity index (χ1n) is 6.20. The highest BCUT2D eigenvalue weighted by atomic mass is 32.2. The van der Waals surface area contributed by atoms with Crippen molar-refractivity contribution in [2.24, 2.45) is 0 Å². The number of amides is 1. The van der Waals surface area contributed by atoms with Crippen LogP contribution in [0.4, 0.5) is 0 Å². The van der Waals surface area contributed by atoms with Crippen molar-refractivity contribution in [3.05, 3.63) is 36.0 Å². The van der Waals surface area contributed by atoms with Gasteiger partial charge in [0.15, 0.2) is 0 Å². The molecule has 1 aromatic heterocycles. The fourth-order valence-corrected chi connectivity index (χ4v) is 2.96. The largest absolute Gasteiger partial charge is 0.361 e. The topological polar surface area (TPSA) is 62.0 Å². The molecule has 2 rings (SSSR count). The number of nitrogens with one attached hydrogen (secondary N) is 2. The van der Waals surface area contributed by atoms with Gasteiger partial charge in [-0.1, -0.05) is 18.2 Å². The minimum atomic E-state index is -0.894. The fourth-order valence-electron chi connectivity index (χ4n) is 2.17. The van der Waals surface area contributed by atoms with Crippen LogP contribution in [0.15, 0.2) is 30.5 Å². The van der Waals surface area contributed by atoms with Gasteiger partial charge in [0.1, 0.15) is 0 Å². The molecular formula is C14H18N2O2S. The summed E-state index contributed by atoms with van der Waals surface area (Å²) in [5.41, 5.74) is 2.02. The third-order valence-electron chi connectivity index (χ3n) is 2.92. The Bertz CT molecular complexity index is 606. The molecule has 2 unspecified atom stereocenters. The molecule has 0 aliphatic carbocycles. The maximum atomic E-state index is 11.9. The highest BCUT2D eigenvalue weighted by Crippen LogP contribution is 2.17. The van der Waals surface area contributed by atoms with E-state index in [9.17, 15) is 9.00 Å². The van der Waals surface area contributed by atoms with Gasteiger partial charge in [-0.15, -0.1) is 0 Å². The molecule has 2 atom stereocenters. The summed E-state index contributed by atoms with van der Waals surface area (Å²) in [6.07, 6.45) is 3.85. The zero-order valence-corrected chi connectivity index (χ0v) is 11.9. The average molecular weight is 278 g/mol. The Morgan fingerprint density at radius 1 is 1.42 bits per heavy atom. The van der Waals surface area contributed by atoms with Gasteiger partial charge in [0, 0.05) is 45.9 Å². The quantitative estimate of drug-likeness (QED) is 0.872. The molecule has 19 heavy (non-hydrogen) atoms.